The van der Waals surface area contributed by atoms with Crippen molar-refractivity contribution in [2.24, 2.45) is 23.2 Å². The van der Waals surface area contributed by atoms with Gasteiger partial charge in [0.15, 0.2) is 0 Å². The van der Waals surface area contributed by atoms with Gasteiger partial charge in [-0.25, -0.2) is 4.79 Å². The fourth-order valence-corrected chi connectivity index (χ4v) is 6.55. The molecule has 1 heterocycles. The van der Waals surface area contributed by atoms with Crippen LogP contribution in [-0.4, -0.2) is 24.0 Å². The van der Waals surface area contributed by atoms with Crippen LogP contribution in [0, 0.1) is 23.2 Å². The zero-order valence-corrected chi connectivity index (χ0v) is 14.5. The van der Waals surface area contributed by atoms with Gasteiger partial charge in [0.2, 0.25) is 0 Å². The second kappa shape index (κ2) is 5.50. The van der Waals surface area contributed by atoms with E-state index in [0.29, 0.717) is 5.41 Å². The molecule has 1 aliphatic heterocycles. The average molecular weight is 324 g/mol. The molecule has 4 saturated carbocycles. The Morgan fingerprint density at radius 1 is 1.04 bits per heavy atom. The predicted octanol–water partition coefficient (Wildman–Crippen LogP) is 3.97. The lowest BCUT2D eigenvalue weighted by molar-refractivity contribution is -0.0502. The average Bonchev–Trinajstić information content (AvgIpc) is 2.58. The number of hydrogen-bond acceptors (Lipinski definition) is 1. The Hall–Kier alpha value is -1.51. The van der Waals surface area contributed by atoms with E-state index in [1.807, 2.05) is 4.90 Å². The zero-order chi connectivity index (χ0) is 16.1. The number of carbonyl (C=O) groups is 1. The summed E-state index contributed by atoms with van der Waals surface area (Å²) >= 11 is 0. The van der Waals surface area contributed by atoms with Crippen LogP contribution < -0.4 is 5.32 Å². The van der Waals surface area contributed by atoms with Gasteiger partial charge in [-0.3, -0.25) is 0 Å². The van der Waals surface area contributed by atoms with Crippen LogP contribution in [0.4, 0.5) is 4.79 Å². The first-order valence-corrected chi connectivity index (χ1v) is 9.79. The molecule has 0 radical (unpaired) electrons. The molecule has 0 atom stereocenters. The van der Waals surface area contributed by atoms with Crippen LogP contribution in [0.1, 0.15) is 49.7 Å². The second-order valence-electron chi connectivity index (χ2n) is 9.02. The molecular formula is C21H28N2O. The lowest BCUT2D eigenvalue weighted by atomic mass is 9.49. The molecule has 3 nitrogen and oxygen atoms in total. The van der Waals surface area contributed by atoms with Crippen LogP contribution in [-0.2, 0) is 13.0 Å². The summed E-state index contributed by atoms with van der Waals surface area (Å²) in [6.07, 6.45) is 9.48. The third-order valence-electron chi connectivity index (χ3n) is 7.20. The molecular weight excluding hydrogens is 296 g/mol. The van der Waals surface area contributed by atoms with Gasteiger partial charge in [-0.15, -0.1) is 0 Å². The Labute approximate surface area is 144 Å². The van der Waals surface area contributed by atoms with Gasteiger partial charge in [0.05, 0.1) is 0 Å². The molecule has 24 heavy (non-hydrogen) atoms. The highest BCUT2D eigenvalue weighted by Crippen LogP contribution is 2.59. The molecule has 0 saturated heterocycles. The zero-order valence-electron chi connectivity index (χ0n) is 14.5. The highest BCUT2D eigenvalue weighted by molar-refractivity contribution is 5.74. The first-order chi connectivity index (χ1) is 11.7. The minimum absolute atomic E-state index is 0.153. The van der Waals surface area contributed by atoms with Crippen LogP contribution in [0.3, 0.4) is 0 Å². The Morgan fingerprint density at radius 2 is 1.67 bits per heavy atom. The van der Waals surface area contributed by atoms with Gasteiger partial charge >= 0.3 is 6.03 Å². The highest BCUT2D eigenvalue weighted by Gasteiger charge is 2.50. The SMILES string of the molecule is O=C(NCC12CC3CC(CC(C3)C1)C2)N1CCc2ccccc2C1. The molecule has 3 heteroatoms. The number of amides is 2. The number of benzene rings is 1. The van der Waals surface area contributed by atoms with Crippen molar-refractivity contribution in [3.63, 3.8) is 0 Å². The molecule has 0 aromatic heterocycles. The van der Waals surface area contributed by atoms with Crippen molar-refractivity contribution in [1.82, 2.24) is 10.2 Å². The first-order valence-electron chi connectivity index (χ1n) is 9.79. The number of urea groups is 1. The number of nitrogens with zero attached hydrogens (tertiary/aromatic N) is 1. The quantitative estimate of drug-likeness (QED) is 0.877. The van der Waals surface area contributed by atoms with E-state index in [0.717, 1.165) is 43.8 Å². The van der Waals surface area contributed by atoms with E-state index >= 15 is 0 Å². The third-order valence-corrected chi connectivity index (χ3v) is 7.20. The summed E-state index contributed by atoms with van der Waals surface area (Å²) in [5.74, 6) is 2.86. The van der Waals surface area contributed by atoms with E-state index in [2.05, 4.69) is 29.6 Å². The number of hydrogen-bond donors (Lipinski definition) is 1. The Morgan fingerprint density at radius 3 is 2.33 bits per heavy atom. The highest BCUT2D eigenvalue weighted by atomic mass is 16.2. The second-order valence-corrected chi connectivity index (χ2v) is 9.02. The molecule has 4 aliphatic carbocycles. The van der Waals surface area contributed by atoms with Crippen molar-refractivity contribution in [3.05, 3.63) is 35.4 Å². The van der Waals surface area contributed by atoms with E-state index in [1.165, 1.54) is 49.7 Å². The monoisotopic (exact) mass is 324 g/mol. The van der Waals surface area contributed by atoms with E-state index < -0.39 is 0 Å². The Kier molecular flexibility index (Phi) is 3.39. The van der Waals surface area contributed by atoms with Crippen molar-refractivity contribution in [1.29, 1.82) is 0 Å². The summed E-state index contributed by atoms with van der Waals surface area (Å²) in [7, 11) is 0. The van der Waals surface area contributed by atoms with Crippen molar-refractivity contribution in [2.45, 2.75) is 51.5 Å². The molecule has 5 aliphatic rings. The van der Waals surface area contributed by atoms with Crippen molar-refractivity contribution in [3.8, 4) is 0 Å². The van der Waals surface area contributed by atoms with E-state index in [4.69, 9.17) is 0 Å². The largest absolute Gasteiger partial charge is 0.337 e. The van der Waals surface area contributed by atoms with Gasteiger partial charge in [0.25, 0.3) is 0 Å². The minimum atomic E-state index is 0.153. The maximum absolute atomic E-state index is 12.7. The first kappa shape index (κ1) is 14.8. The Balaban J connectivity index is 1.22. The topological polar surface area (TPSA) is 32.3 Å². The molecule has 1 N–H and O–H groups in total. The fourth-order valence-electron chi connectivity index (χ4n) is 6.55. The van der Waals surface area contributed by atoms with Gasteiger partial charge in [-0.1, -0.05) is 24.3 Å². The van der Waals surface area contributed by atoms with Crippen LogP contribution in [0.5, 0.6) is 0 Å². The summed E-state index contributed by atoms with van der Waals surface area (Å²) in [5.41, 5.74) is 3.15. The van der Waals surface area contributed by atoms with Gasteiger partial charge in [0.1, 0.15) is 0 Å². The van der Waals surface area contributed by atoms with Gasteiger partial charge < -0.3 is 10.2 Å². The maximum Gasteiger partial charge on any atom is 0.317 e. The van der Waals surface area contributed by atoms with Gasteiger partial charge in [0, 0.05) is 19.6 Å². The van der Waals surface area contributed by atoms with Crippen molar-refractivity contribution < 1.29 is 4.79 Å². The maximum atomic E-state index is 12.7. The van der Waals surface area contributed by atoms with Crippen LogP contribution in [0.2, 0.25) is 0 Å². The number of fused-ring (bicyclic) bond motifs is 1. The van der Waals surface area contributed by atoms with Crippen LogP contribution >= 0.6 is 0 Å². The number of rotatable bonds is 2. The molecule has 0 unspecified atom stereocenters. The third kappa shape index (κ3) is 2.53. The smallest absolute Gasteiger partial charge is 0.317 e. The molecule has 1 aromatic rings. The lowest BCUT2D eigenvalue weighted by Crippen LogP contribution is -2.53. The van der Waals surface area contributed by atoms with Crippen molar-refractivity contribution >= 4 is 6.03 Å². The normalized spacial score (nSPS) is 36.5. The Bertz CT molecular complexity index is 618. The predicted molar refractivity (Wildman–Crippen MR) is 94.6 cm³/mol. The van der Waals surface area contributed by atoms with Crippen molar-refractivity contribution in [2.75, 3.05) is 13.1 Å². The summed E-state index contributed by atoms with van der Waals surface area (Å²) in [6, 6.07) is 8.69. The minimum Gasteiger partial charge on any atom is -0.337 e. The van der Waals surface area contributed by atoms with Gasteiger partial charge in [-0.2, -0.15) is 0 Å². The van der Waals surface area contributed by atoms with Crippen LogP contribution in [0.25, 0.3) is 0 Å². The van der Waals surface area contributed by atoms with Gasteiger partial charge in [-0.05, 0) is 79.2 Å². The molecule has 2 amide bonds. The molecule has 128 valence electrons. The molecule has 6 rings (SSSR count). The van der Waals surface area contributed by atoms with E-state index in [1.54, 1.807) is 0 Å². The standard InChI is InChI=1S/C21H28N2O/c24-20(23-6-5-18-3-1-2-4-19(18)13-23)22-14-21-10-15-7-16(11-21)9-17(8-15)12-21/h1-4,15-17H,5-14H2,(H,22,24). The number of nitrogens with one attached hydrogen (secondary N) is 1. The summed E-state index contributed by atoms with van der Waals surface area (Å²) in [6.45, 7) is 2.53. The van der Waals surface area contributed by atoms with E-state index in [9.17, 15) is 4.79 Å². The lowest BCUT2D eigenvalue weighted by Gasteiger charge is -2.57. The molecule has 0 spiro atoms. The summed E-state index contributed by atoms with van der Waals surface area (Å²) < 4.78 is 0. The number of carbonyl (C=O) groups excluding carboxylic acids is 1. The molecule has 1 aromatic carbocycles. The molecule has 4 fully saturated rings. The molecule has 4 bridgehead atoms. The van der Waals surface area contributed by atoms with E-state index in [-0.39, 0.29) is 6.03 Å². The summed E-state index contributed by atoms with van der Waals surface area (Å²) in [5, 5.41) is 3.33. The summed E-state index contributed by atoms with van der Waals surface area (Å²) in [4.78, 5) is 14.7. The fraction of sp³-hybridized carbons (Fsp3) is 0.667. The van der Waals surface area contributed by atoms with Crippen LogP contribution in [0.15, 0.2) is 24.3 Å².